The van der Waals surface area contributed by atoms with Gasteiger partial charge in [-0.2, -0.15) is 0 Å². The Labute approximate surface area is 81.6 Å². The molecule has 1 aliphatic heterocycles. The van der Waals surface area contributed by atoms with Crippen LogP contribution >= 0.6 is 0 Å². The van der Waals surface area contributed by atoms with Crippen molar-refractivity contribution in [1.29, 1.82) is 0 Å². The van der Waals surface area contributed by atoms with Gasteiger partial charge >= 0.3 is 5.97 Å². The highest BCUT2D eigenvalue weighted by Gasteiger charge is 2.37. The Hall–Kier alpha value is -1.55. The molecule has 0 unspecified atom stereocenters. The first-order valence-electron chi connectivity index (χ1n) is 4.33. The molecule has 1 aromatic carbocycles. The lowest BCUT2D eigenvalue weighted by Crippen LogP contribution is -2.34. The number of hydrogen-bond acceptors (Lipinski definition) is 4. The van der Waals surface area contributed by atoms with E-state index in [1.54, 1.807) is 6.07 Å². The molecular weight excluding hydrogens is 182 g/mol. The molecule has 0 radical (unpaired) electrons. The number of esters is 1. The summed E-state index contributed by atoms with van der Waals surface area (Å²) in [7, 11) is 1.32. The number of nitrogens with two attached hydrogens (primary N) is 1. The summed E-state index contributed by atoms with van der Waals surface area (Å²) in [5.74, 6) is 0.226. The van der Waals surface area contributed by atoms with Crippen LogP contribution in [-0.4, -0.2) is 19.2 Å². The number of fused-ring (bicyclic) bond motifs is 1. The molecular formula is C10H11NO3. The van der Waals surface area contributed by atoms with E-state index < -0.39 is 18.1 Å². The minimum atomic E-state index is -0.711. The van der Waals surface area contributed by atoms with E-state index in [1.807, 2.05) is 18.2 Å². The third-order valence-corrected chi connectivity index (χ3v) is 2.29. The molecule has 0 saturated carbocycles. The van der Waals surface area contributed by atoms with Crippen LogP contribution in [0.1, 0.15) is 11.6 Å². The van der Waals surface area contributed by atoms with E-state index in [0.29, 0.717) is 5.75 Å². The van der Waals surface area contributed by atoms with Crippen LogP contribution in [0.15, 0.2) is 24.3 Å². The summed E-state index contributed by atoms with van der Waals surface area (Å²) in [6, 6.07) is 6.91. The van der Waals surface area contributed by atoms with E-state index in [2.05, 4.69) is 4.74 Å². The molecule has 0 saturated heterocycles. The largest absolute Gasteiger partial charge is 0.476 e. The Morgan fingerprint density at radius 2 is 2.21 bits per heavy atom. The van der Waals surface area contributed by atoms with Crippen LogP contribution in [0.3, 0.4) is 0 Å². The number of carbonyl (C=O) groups is 1. The Kier molecular flexibility index (Phi) is 2.13. The highest BCUT2D eigenvalue weighted by Crippen LogP contribution is 2.34. The zero-order valence-electron chi connectivity index (χ0n) is 7.77. The van der Waals surface area contributed by atoms with Crippen molar-refractivity contribution >= 4 is 5.97 Å². The summed E-state index contributed by atoms with van der Waals surface area (Å²) in [6.45, 7) is 0. The van der Waals surface area contributed by atoms with Crippen molar-refractivity contribution in [3.8, 4) is 5.75 Å². The fraction of sp³-hybridized carbons (Fsp3) is 0.300. The first-order chi connectivity index (χ1) is 6.74. The number of ether oxygens (including phenoxy) is 2. The normalized spacial score (nSPS) is 23.9. The van der Waals surface area contributed by atoms with Gasteiger partial charge in [-0.3, -0.25) is 0 Å². The van der Waals surface area contributed by atoms with Gasteiger partial charge in [0.05, 0.1) is 13.2 Å². The molecule has 1 aromatic rings. The number of hydrogen-bond donors (Lipinski definition) is 1. The zero-order chi connectivity index (χ0) is 10.1. The van der Waals surface area contributed by atoms with Crippen LogP contribution in [0.5, 0.6) is 5.75 Å². The number of carbonyl (C=O) groups excluding carboxylic acids is 1. The number of benzene rings is 1. The second-order valence-electron chi connectivity index (χ2n) is 3.13. The number of rotatable bonds is 1. The SMILES string of the molecule is COC(=O)[C@@H]1Oc2ccccc2[C@H]1N. The Morgan fingerprint density at radius 1 is 1.50 bits per heavy atom. The summed E-state index contributed by atoms with van der Waals surface area (Å²) in [5, 5.41) is 0. The lowest BCUT2D eigenvalue weighted by Gasteiger charge is -2.11. The molecule has 0 fully saturated rings. The minimum absolute atomic E-state index is 0.432. The average Bonchev–Trinajstić information content (AvgIpc) is 2.56. The monoisotopic (exact) mass is 193 g/mol. The molecule has 4 heteroatoms. The summed E-state index contributed by atoms with van der Waals surface area (Å²) in [6.07, 6.45) is -0.711. The summed E-state index contributed by atoms with van der Waals surface area (Å²) < 4.78 is 9.96. The predicted octanol–water partition coefficient (Wildman–Crippen LogP) is 0.620. The molecule has 0 spiro atoms. The topological polar surface area (TPSA) is 61.5 Å². The van der Waals surface area contributed by atoms with Crippen LogP contribution in [-0.2, 0) is 9.53 Å². The van der Waals surface area contributed by atoms with Gasteiger partial charge in [-0.05, 0) is 6.07 Å². The molecule has 0 amide bonds. The highest BCUT2D eigenvalue weighted by molar-refractivity contribution is 5.77. The fourth-order valence-electron chi connectivity index (χ4n) is 1.55. The van der Waals surface area contributed by atoms with Gasteiger partial charge in [-0.15, -0.1) is 0 Å². The van der Waals surface area contributed by atoms with Crippen molar-refractivity contribution in [2.24, 2.45) is 5.73 Å². The zero-order valence-corrected chi connectivity index (χ0v) is 7.77. The smallest absolute Gasteiger partial charge is 0.349 e. The molecule has 0 aromatic heterocycles. The molecule has 14 heavy (non-hydrogen) atoms. The molecule has 2 rings (SSSR count). The Bertz CT molecular complexity index is 364. The van der Waals surface area contributed by atoms with E-state index in [4.69, 9.17) is 10.5 Å². The van der Waals surface area contributed by atoms with E-state index in [-0.39, 0.29) is 0 Å². The molecule has 2 atom stereocenters. The minimum Gasteiger partial charge on any atom is -0.476 e. The number of methoxy groups -OCH3 is 1. The first-order valence-corrected chi connectivity index (χ1v) is 4.33. The van der Waals surface area contributed by atoms with Crippen LogP contribution in [0.4, 0.5) is 0 Å². The lowest BCUT2D eigenvalue weighted by molar-refractivity contribution is -0.148. The quantitative estimate of drug-likeness (QED) is 0.664. The van der Waals surface area contributed by atoms with Gasteiger partial charge in [0.15, 0.2) is 0 Å². The third-order valence-electron chi connectivity index (χ3n) is 2.29. The van der Waals surface area contributed by atoms with Gasteiger partial charge in [0, 0.05) is 5.56 Å². The summed E-state index contributed by atoms with van der Waals surface area (Å²) >= 11 is 0. The standard InChI is InChI=1S/C10H11NO3/c1-13-10(12)9-8(11)6-4-2-3-5-7(6)14-9/h2-5,8-9H,11H2,1H3/t8-,9-/m1/s1. The van der Waals surface area contributed by atoms with Crippen LogP contribution in [0.25, 0.3) is 0 Å². The van der Waals surface area contributed by atoms with Crippen molar-refractivity contribution in [1.82, 2.24) is 0 Å². The molecule has 0 aliphatic carbocycles. The van der Waals surface area contributed by atoms with Crippen LogP contribution in [0.2, 0.25) is 0 Å². The first kappa shape index (κ1) is 9.02. The van der Waals surface area contributed by atoms with Gasteiger partial charge < -0.3 is 15.2 Å². The van der Waals surface area contributed by atoms with E-state index in [1.165, 1.54) is 7.11 Å². The second-order valence-corrected chi connectivity index (χ2v) is 3.13. The molecule has 2 N–H and O–H groups in total. The predicted molar refractivity (Wildman–Crippen MR) is 49.8 cm³/mol. The fourth-order valence-corrected chi connectivity index (χ4v) is 1.55. The number of para-hydroxylation sites is 1. The summed E-state index contributed by atoms with van der Waals surface area (Å²) in [5.41, 5.74) is 6.69. The maximum Gasteiger partial charge on any atom is 0.349 e. The van der Waals surface area contributed by atoms with E-state index in [9.17, 15) is 4.79 Å². The molecule has 4 nitrogen and oxygen atoms in total. The van der Waals surface area contributed by atoms with Gasteiger partial charge in [0.1, 0.15) is 5.75 Å². The van der Waals surface area contributed by atoms with Gasteiger partial charge in [-0.25, -0.2) is 4.79 Å². The summed E-state index contributed by atoms with van der Waals surface area (Å²) in [4.78, 5) is 11.3. The highest BCUT2D eigenvalue weighted by atomic mass is 16.6. The van der Waals surface area contributed by atoms with Crippen molar-refractivity contribution < 1.29 is 14.3 Å². The van der Waals surface area contributed by atoms with Crippen LogP contribution in [0, 0.1) is 0 Å². The maximum atomic E-state index is 11.3. The Balaban J connectivity index is 2.30. The average molecular weight is 193 g/mol. The maximum absolute atomic E-state index is 11.3. The lowest BCUT2D eigenvalue weighted by atomic mass is 10.1. The van der Waals surface area contributed by atoms with Gasteiger partial charge in [0.25, 0.3) is 0 Å². The van der Waals surface area contributed by atoms with E-state index >= 15 is 0 Å². The van der Waals surface area contributed by atoms with E-state index in [0.717, 1.165) is 5.56 Å². The Morgan fingerprint density at radius 3 is 2.86 bits per heavy atom. The molecule has 0 bridgehead atoms. The molecule has 1 aliphatic rings. The molecule has 74 valence electrons. The van der Waals surface area contributed by atoms with Crippen molar-refractivity contribution in [2.75, 3.05) is 7.11 Å². The molecule has 1 heterocycles. The third kappa shape index (κ3) is 1.24. The van der Waals surface area contributed by atoms with Gasteiger partial charge in [-0.1, -0.05) is 18.2 Å². The van der Waals surface area contributed by atoms with Crippen molar-refractivity contribution in [2.45, 2.75) is 12.1 Å². The second kappa shape index (κ2) is 3.31. The van der Waals surface area contributed by atoms with Crippen LogP contribution < -0.4 is 10.5 Å². The van der Waals surface area contributed by atoms with Crippen molar-refractivity contribution in [3.05, 3.63) is 29.8 Å². The van der Waals surface area contributed by atoms with Gasteiger partial charge in [0.2, 0.25) is 6.10 Å². The van der Waals surface area contributed by atoms with Crippen molar-refractivity contribution in [3.63, 3.8) is 0 Å².